The first-order valence-electron chi connectivity index (χ1n) is 7.54. The molecule has 21 heavy (non-hydrogen) atoms. The fraction of sp³-hybridized carbons (Fsp3) is 0.667. The lowest BCUT2D eigenvalue weighted by molar-refractivity contribution is 0.0936. The summed E-state index contributed by atoms with van der Waals surface area (Å²) in [7, 11) is 0. The molecule has 1 rings (SSSR count). The summed E-state index contributed by atoms with van der Waals surface area (Å²) < 4.78 is 5.43. The van der Waals surface area contributed by atoms with Crippen molar-refractivity contribution < 1.29 is 9.53 Å². The maximum atomic E-state index is 12.1. The number of anilines is 1. The van der Waals surface area contributed by atoms with Gasteiger partial charge in [-0.2, -0.15) is 0 Å². The second-order valence-electron chi connectivity index (χ2n) is 5.26. The van der Waals surface area contributed by atoms with Crippen LogP contribution in [-0.2, 0) is 4.74 Å². The van der Waals surface area contributed by atoms with Gasteiger partial charge in [-0.15, -0.1) is 0 Å². The van der Waals surface area contributed by atoms with E-state index in [0.29, 0.717) is 24.7 Å². The van der Waals surface area contributed by atoms with Crippen molar-refractivity contribution in [2.45, 2.75) is 46.0 Å². The number of hydrogen-bond donors (Lipinski definition) is 2. The van der Waals surface area contributed by atoms with E-state index in [1.165, 1.54) is 6.20 Å². The minimum atomic E-state index is -0.259. The maximum absolute atomic E-state index is 12.1. The first-order valence-corrected chi connectivity index (χ1v) is 7.54. The molecule has 1 aromatic heterocycles. The van der Waals surface area contributed by atoms with Gasteiger partial charge in [0.2, 0.25) is 0 Å². The van der Waals surface area contributed by atoms with Crippen LogP contribution in [0.2, 0.25) is 0 Å². The molecule has 0 aromatic carbocycles. The maximum Gasteiger partial charge on any atom is 0.272 e. The second kappa shape index (κ2) is 9.28. The van der Waals surface area contributed by atoms with Crippen molar-refractivity contribution in [3.8, 4) is 0 Å². The summed E-state index contributed by atoms with van der Waals surface area (Å²) in [5, 5.41) is 2.81. The van der Waals surface area contributed by atoms with Gasteiger partial charge in [-0.05, 0) is 12.8 Å². The number of nitrogens with two attached hydrogens (primary N) is 1. The number of unbranched alkanes of at least 4 members (excludes halogenated alkanes) is 1. The Labute approximate surface area is 126 Å². The van der Waals surface area contributed by atoms with Gasteiger partial charge in [0.15, 0.2) is 5.69 Å². The molecule has 0 saturated heterocycles. The molecule has 1 heterocycles. The highest BCUT2D eigenvalue weighted by Crippen LogP contribution is 2.13. The van der Waals surface area contributed by atoms with E-state index in [9.17, 15) is 4.79 Å². The Hall–Kier alpha value is -1.69. The summed E-state index contributed by atoms with van der Waals surface area (Å²) in [4.78, 5) is 20.4. The first-order chi connectivity index (χ1) is 10.1. The Kier molecular flexibility index (Phi) is 7.68. The van der Waals surface area contributed by atoms with Crippen molar-refractivity contribution in [1.29, 1.82) is 0 Å². The molecule has 0 atom stereocenters. The third-order valence-electron chi connectivity index (χ3n) is 2.96. The molecule has 6 heteroatoms. The van der Waals surface area contributed by atoms with E-state index in [2.05, 4.69) is 22.2 Å². The molecular formula is C15H26N4O2. The lowest BCUT2D eigenvalue weighted by atomic mass is 10.2. The van der Waals surface area contributed by atoms with Gasteiger partial charge in [0.1, 0.15) is 5.82 Å². The van der Waals surface area contributed by atoms with Crippen molar-refractivity contribution in [2.24, 2.45) is 0 Å². The highest BCUT2D eigenvalue weighted by molar-refractivity contribution is 5.96. The smallest absolute Gasteiger partial charge is 0.272 e. The van der Waals surface area contributed by atoms with Crippen LogP contribution in [0.4, 0.5) is 5.69 Å². The van der Waals surface area contributed by atoms with Crippen molar-refractivity contribution in [3.63, 3.8) is 0 Å². The van der Waals surface area contributed by atoms with Crippen LogP contribution in [0.3, 0.4) is 0 Å². The number of rotatable bonds is 9. The Morgan fingerprint density at radius 3 is 2.76 bits per heavy atom. The Morgan fingerprint density at radius 2 is 2.10 bits per heavy atom. The number of nitrogens with one attached hydrogen (secondary N) is 1. The number of aromatic nitrogens is 2. The third kappa shape index (κ3) is 6.08. The summed E-state index contributed by atoms with van der Waals surface area (Å²) in [6.45, 7) is 8.05. The fourth-order valence-corrected chi connectivity index (χ4v) is 1.67. The van der Waals surface area contributed by atoms with Gasteiger partial charge in [-0.25, -0.2) is 9.97 Å². The normalized spacial score (nSPS) is 10.9. The van der Waals surface area contributed by atoms with Crippen LogP contribution < -0.4 is 11.1 Å². The molecule has 0 bridgehead atoms. The Bertz CT molecular complexity index is 449. The predicted molar refractivity (Wildman–Crippen MR) is 83.2 cm³/mol. The van der Waals surface area contributed by atoms with Gasteiger partial charge < -0.3 is 15.8 Å². The van der Waals surface area contributed by atoms with E-state index >= 15 is 0 Å². The van der Waals surface area contributed by atoms with Crippen LogP contribution in [0.15, 0.2) is 6.20 Å². The molecule has 0 saturated carbocycles. The molecule has 0 aliphatic heterocycles. The predicted octanol–water partition coefficient (Wildman–Crippen LogP) is 2.12. The summed E-state index contributed by atoms with van der Waals surface area (Å²) in [6.07, 6.45) is 4.46. The summed E-state index contributed by atoms with van der Waals surface area (Å²) in [6, 6.07) is 0. The number of amides is 1. The van der Waals surface area contributed by atoms with Gasteiger partial charge in [-0.3, -0.25) is 4.79 Å². The number of ether oxygens (including phenoxy) is 1. The van der Waals surface area contributed by atoms with Gasteiger partial charge in [0, 0.05) is 25.7 Å². The van der Waals surface area contributed by atoms with E-state index < -0.39 is 0 Å². The average molecular weight is 294 g/mol. The van der Waals surface area contributed by atoms with E-state index in [4.69, 9.17) is 10.5 Å². The molecule has 0 spiro atoms. The van der Waals surface area contributed by atoms with E-state index in [-0.39, 0.29) is 17.5 Å². The molecule has 0 aliphatic rings. The number of nitrogens with zero attached hydrogens (tertiary/aromatic N) is 2. The zero-order chi connectivity index (χ0) is 15.7. The van der Waals surface area contributed by atoms with Crippen molar-refractivity contribution in [3.05, 3.63) is 17.7 Å². The molecule has 0 aliphatic carbocycles. The minimum Gasteiger partial charge on any atom is -0.396 e. The molecule has 118 valence electrons. The van der Waals surface area contributed by atoms with E-state index in [1.807, 2.05) is 13.8 Å². The van der Waals surface area contributed by atoms with Crippen LogP contribution in [0.5, 0.6) is 0 Å². The Morgan fingerprint density at radius 1 is 1.38 bits per heavy atom. The molecule has 0 unspecified atom stereocenters. The number of hydrogen-bond acceptors (Lipinski definition) is 5. The van der Waals surface area contributed by atoms with Gasteiger partial charge >= 0.3 is 0 Å². The zero-order valence-corrected chi connectivity index (χ0v) is 13.2. The van der Waals surface area contributed by atoms with Crippen molar-refractivity contribution in [1.82, 2.24) is 15.3 Å². The van der Waals surface area contributed by atoms with Crippen LogP contribution in [-0.4, -0.2) is 35.6 Å². The second-order valence-corrected chi connectivity index (χ2v) is 5.26. The van der Waals surface area contributed by atoms with Crippen LogP contribution in [0.1, 0.15) is 62.3 Å². The molecule has 3 N–H and O–H groups in total. The highest BCUT2D eigenvalue weighted by atomic mass is 16.5. The van der Waals surface area contributed by atoms with Gasteiger partial charge in [0.25, 0.3) is 5.91 Å². The lowest BCUT2D eigenvalue weighted by Gasteiger charge is -2.09. The van der Waals surface area contributed by atoms with Gasteiger partial charge in [-0.1, -0.05) is 27.2 Å². The SMILES string of the molecule is CCCCOCCCNC(=O)c1nc(C(C)C)ncc1N. The topological polar surface area (TPSA) is 90.1 Å². The van der Waals surface area contributed by atoms with Gasteiger partial charge in [0.05, 0.1) is 11.9 Å². The number of carbonyl (C=O) groups excluding carboxylic acids is 1. The molecule has 0 radical (unpaired) electrons. The average Bonchev–Trinajstić information content (AvgIpc) is 2.46. The van der Waals surface area contributed by atoms with E-state index in [0.717, 1.165) is 25.9 Å². The number of nitrogen functional groups attached to an aromatic ring is 1. The van der Waals surface area contributed by atoms with E-state index in [1.54, 1.807) is 0 Å². The number of carbonyl (C=O) groups is 1. The highest BCUT2D eigenvalue weighted by Gasteiger charge is 2.14. The fourth-order valence-electron chi connectivity index (χ4n) is 1.67. The molecule has 0 fully saturated rings. The molecule has 6 nitrogen and oxygen atoms in total. The van der Waals surface area contributed by atoms with Crippen LogP contribution in [0, 0.1) is 0 Å². The summed E-state index contributed by atoms with van der Waals surface area (Å²) in [5.74, 6) is 0.520. The quantitative estimate of drug-likeness (QED) is 0.681. The van der Waals surface area contributed by atoms with Crippen LogP contribution in [0.25, 0.3) is 0 Å². The summed E-state index contributed by atoms with van der Waals surface area (Å²) in [5.41, 5.74) is 6.32. The Balaban J connectivity index is 2.40. The standard InChI is InChI=1S/C15H26N4O2/c1-4-5-8-21-9-6-7-17-15(20)13-12(16)10-18-14(19-13)11(2)3/h10-11H,4-9,16H2,1-3H3,(H,17,20). The zero-order valence-electron chi connectivity index (χ0n) is 13.2. The van der Waals surface area contributed by atoms with Crippen LogP contribution >= 0.6 is 0 Å². The monoisotopic (exact) mass is 294 g/mol. The minimum absolute atomic E-state index is 0.157. The largest absolute Gasteiger partial charge is 0.396 e. The molecule has 1 amide bonds. The van der Waals surface area contributed by atoms with Crippen molar-refractivity contribution in [2.75, 3.05) is 25.5 Å². The third-order valence-corrected chi connectivity index (χ3v) is 2.96. The summed E-state index contributed by atoms with van der Waals surface area (Å²) >= 11 is 0. The molecule has 1 aromatic rings. The lowest BCUT2D eigenvalue weighted by Crippen LogP contribution is -2.27. The first kappa shape index (κ1) is 17.4. The van der Waals surface area contributed by atoms with Crippen molar-refractivity contribution >= 4 is 11.6 Å². The molecular weight excluding hydrogens is 268 g/mol.